The Labute approximate surface area is 114 Å². The smallest absolute Gasteiger partial charge is 0.177 e. The quantitative estimate of drug-likeness (QED) is 0.913. The molecule has 1 aliphatic rings. The Hall–Kier alpha value is -0.980. The van der Waals surface area contributed by atoms with Gasteiger partial charge in [0.25, 0.3) is 0 Å². The van der Waals surface area contributed by atoms with Crippen molar-refractivity contribution in [2.45, 2.75) is 19.6 Å². The fraction of sp³-hybridized carbons (Fsp3) is 0.500. The van der Waals surface area contributed by atoms with E-state index in [1.54, 1.807) is 6.20 Å². The lowest BCUT2D eigenvalue weighted by Crippen LogP contribution is -2.40. The summed E-state index contributed by atoms with van der Waals surface area (Å²) in [5.41, 5.74) is 1.84. The highest BCUT2D eigenvalue weighted by atomic mass is 79.9. The third-order valence-electron chi connectivity index (χ3n) is 3.15. The minimum atomic E-state index is 0.203. The van der Waals surface area contributed by atoms with Crippen molar-refractivity contribution in [3.63, 3.8) is 0 Å². The Morgan fingerprint density at radius 1 is 1.61 bits per heavy atom. The molecule has 1 saturated heterocycles. The average Bonchev–Trinajstić information content (AvgIpc) is 2.67. The van der Waals surface area contributed by atoms with Gasteiger partial charge in [0, 0.05) is 23.8 Å². The van der Waals surface area contributed by atoms with E-state index in [0.717, 1.165) is 47.7 Å². The summed E-state index contributed by atoms with van der Waals surface area (Å²) in [7, 11) is 0. The molecule has 3 rings (SSSR count). The number of aromatic nitrogens is 3. The summed E-state index contributed by atoms with van der Waals surface area (Å²) >= 11 is 3.45. The maximum absolute atomic E-state index is 5.74. The molecule has 0 unspecified atom stereocenters. The van der Waals surface area contributed by atoms with Crippen LogP contribution in [0.3, 0.4) is 0 Å². The second-order valence-corrected chi connectivity index (χ2v) is 5.38. The lowest BCUT2D eigenvalue weighted by Gasteiger charge is -2.24. The molecule has 5 nitrogen and oxygen atoms in total. The van der Waals surface area contributed by atoms with Crippen molar-refractivity contribution < 1.29 is 4.74 Å². The maximum atomic E-state index is 5.74. The summed E-state index contributed by atoms with van der Waals surface area (Å²) in [4.78, 5) is 8.79. The topological polar surface area (TPSA) is 52.0 Å². The van der Waals surface area contributed by atoms with Crippen LogP contribution in [0.4, 0.5) is 0 Å². The Morgan fingerprint density at radius 2 is 2.50 bits per heavy atom. The number of hydrogen-bond donors (Lipinski definition) is 1. The lowest BCUT2D eigenvalue weighted by atomic mass is 10.3. The zero-order chi connectivity index (χ0) is 12.5. The van der Waals surface area contributed by atoms with Crippen LogP contribution in [-0.4, -0.2) is 40.3 Å². The van der Waals surface area contributed by atoms with Gasteiger partial charge in [-0.05, 0) is 28.9 Å². The number of fused-ring (bicyclic) bond motifs is 1. The highest BCUT2D eigenvalue weighted by Crippen LogP contribution is 2.19. The van der Waals surface area contributed by atoms with E-state index in [0.29, 0.717) is 0 Å². The van der Waals surface area contributed by atoms with Gasteiger partial charge >= 0.3 is 0 Å². The molecule has 3 heterocycles. The number of hydrogen-bond acceptors (Lipinski definition) is 4. The van der Waals surface area contributed by atoms with Crippen LogP contribution in [-0.2, 0) is 11.3 Å². The van der Waals surface area contributed by atoms with Crippen LogP contribution >= 0.6 is 15.9 Å². The molecular weight excluding hydrogens is 296 g/mol. The molecule has 2 aromatic rings. The predicted molar refractivity (Wildman–Crippen MR) is 72.6 cm³/mol. The van der Waals surface area contributed by atoms with Gasteiger partial charge in [-0.3, -0.25) is 0 Å². The van der Waals surface area contributed by atoms with Crippen LogP contribution in [0.5, 0.6) is 0 Å². The van der Waals surface area contributed by atoms with E-state index in [9.17, 15) is 0 Å². The highest BCUT2D eigenvalue weighted by Gasteiger charge is 2.17. The number of nitrogens with zero attached hydrogens (tertiary/aromatic N) is 3. The molecule has 0 spiro atoms. The van der Waals surface area contributed by atoms with Crippen molar-refractivity contribution >= 4 is 27.1 Å². The van der Waals surface area contributed by atoms with E-state index in [1.807, 2.05) is 6.92 Å². The number of nitrogens with one attached hydrogen (secondary N) is 1. The molecule has 0 aliphatic carbocycles. The molecule has 2 aromatic heterocycles. The zero-order valence-corrected chi connectivity index (χ0v) is 11.8. The van der Waals surface area contributed by atoms with Gasteiger partial charge in [-0.15, -0.1) is 0 Å². The zero-order valence-electron chi connectivity index (χ0n) is 10.2. The van der Waals surface area contributed by atoms with Gasteiger partial charge in [0.05, 0.1) is 24.8 Å². The van der Waals surface area contributed by atoms with Crippen LogP contribution < -0.4 is 5.32 Å². The molecule has 1 atom stereocenters. The molecule has 18 heavy (non-hydrogen) atoms. The monoisotopic (exact) mass is 310 g/mol. The summed E-state index contributed by atoms with van der Waals surface area (Å²) in [6, 6.07) is 2.05. The van der Waals surface area contributed by atoms with Crippen molar-refractivity contribution in [3.8, 4) is 0 Å². The van der Waals surface area contributed by atoms with Crippen LogP contribution in [0.25, 0.3) is 11.2 Å². The largest absolute Gasteiger partial charge is 0.374 e. The van der Waals surface area contributed by atoms with Crippen LogP contribution in [0.1, 0.15) is 5.82 Å². The van der Waals surface area contributed by atoms with E-state index in [4.69, 9.17) is 4.74 Å². The number of halogens is 1. The second-order valence-electron chi connectivity index (χ2n) is 4.46. The van der Waals surface area contributed by atoms with Crippen LogP contribution in [0.2, 0.25) is 0 Å². The summed E-state index contributed by atoms with van der Waals surface area (Å²) in [5.74, 6) is 0.977. The predicted octanol–water partition coefficient (Wildman–Crippen LogP) is 1.49. The molecule has 0 amide bonds. The van der Waals surface area contributed by atoms with E-state index in [-0.39, 0.29) is 6.10 Å². The fourth-order valence-electron chi connectivity index (χ4n) is 2.27. The highest BCUT2D eigenvalue weighted by molar-refractivity contribution is 9.10. The third kappa shape index (κ3) is 2.28. The molecule has 0 saturated carbocycles. The number of aryl methyl sites for hydroxylation is 1. The van der Waals surface area contributed by atoms with Gasteiger partial charge in [-0.25, -0.2) is 9.97 Å². The average molecular weight is 311 g/mol. The molecule has 0 aromatic carbocycles. The van der Waals surface area contributed by atoms with Crippen LogP contribution in [0.15, 0.2) is 16.7 Å². The summed E-state index contributed by atoms with van der Waals surface area (Å²) in [5, 5.41) is 3.34. The van der Waals surface area contributed by atoms with Gasteiger partial charge in [0.1, 0.15) is 5.82 Å². The van der Waals surface area contributed by atoms with Crippen LogP contribution in [0, 0.1) is 6.92 Å². The number of pyridine rings is 1. The molecule has 1 N–H and O–H groups in total. The number of imidazole rings is 1. The summed E-state index contributed by atoms with van der Waals surface area (Å²) in [6.07, 6.45) is 1.98. The molecule has 0 bridgehead atoms. The first kappa shape index (κ1) is 12.1. The van der Waals surface area contributed by atoms with Crippen molar-refractivity contribution in [1.82, 2.24) is 19.9 Å². The Kier molecular flexibility index (Phi) is 3.32. The summed E-state index contributed by atoms with van der Waals surface area (Å²) < 4.78 is 8.88. The van der Waals surface area contributed by atoms with Gasteiger partial charge < -0.3 is 14.6 Å². The third-order valence-corrected chi connectivity index (χ3v) is 3.59. The molecule has 1 fully saturated rings. The molecule has 0 radical (unpaired) electrons. The molecule has 6 heteroatoms. The van der Waals surface area contributed by atoms with Gasteiger partial charge in [0.15, 0.2) is 5.65 Å². The molecular formula is C12H15BrN4O. The standard InChI is InChI=1S/C12H15BrN4O/c1-8-16-12-11(4-9(13)5-15-12)17(8)7-10-6-14-2-3-18-10/h4-5,10,14H,2-3,6-7H2,1H3/t10-/m1/s1. The van der Waals surface area contributed by atoms with E-state index in [1.165, 1.54) is 0 Å². The SMILES string of the molecule is Cc1nc2ncc(Br)cc2n1C[C@H]1CNCCO1. The minimum absolute atomic E-state index is 0.203. The van der Waals surface area contributed by atoms with Crippen molar-refractivity contribution in [2.75, 3.05) is 19.7 Å². The summed E-state index contributed by atoms with van der Waals surface area (Å²) in [6.45, 7) is 5.42. The Balaban J connectivity index is 1.94. The Morgan fingerprint density at radius 3 is 3.28 bits per heavy atom. The fourth-order valence-corrected chi connectivity index (χ4v) is 2.58. The molecule has 96 valence electrons. The lowest BCUT2D eigenvalue weighted by molar-refractivity contribution is 0.0185. The van der Waals surface area contributed by atoms with E-state index >= 15 is 0 Å². The maximum Gasteiger partial charge on any atom is 0.177 e. The first-order valence-corrected chi connectivity index (χ1v) is 6.84. The van der Waals surface area contributed by atoms with Gasteiger partial charge in [-0.2, -0.15) is 0 Å². The van der Waals surface area contributed by atoms with E-state index in [2.05, 4.69) is 41.8 Å². The first-order valence-electron chi connectivity index (χ1n) is 6.05. The van der Waals surface area contributed by atoms with Gasteiger partial charge in [0.2, 0.25) is 0 Å². The minimum Gasteiger partial charge on any atom is -0.374 e. The first-order chi connectivity index (χ1) is 8.74. The van der Waals surface area contributed by atoms with Crippen molar-refractivity contribution in [1.29, 1.82) is 0 Å². The van der Waals surface area contributed by atoms with Gasteiger partial charge in [-0.1, -0.05) is 0 Å². The number of morpholine rings is 1. The van der Waals surface area contributed by atoms with E-state index < -0.39 is 0 Å². The Bertz CT molecular complexity index is 562. The normalized spacial score (nSPS) is 20.4. The number of rotatable bonds is 2. The second kappa shape index (κ2) is 4.95. The number of ether oxygens (including phenoxy) is 1. The molecule has 1 aliphatic heterocycles. The van der Waals surface area contributed by atoms with Crippen molar-refractivity contribution in [3.05, 3.63) is 22.6 Å². The van der Waals surface area contributed by atoms with Crippen molar-refractivity contribution in [2.24, 2.45) is 0 Å².